The molecule has 0 aliphatic rings. The number of aliphatic carboxylic acids is 1. The zero-order valence-corrected chi connectivity index (χ0v) is 22.3. The summed E-state index contributed by atoms with van der Waals surface area (Å²) in [5.74, 6) is -1.89. The molecule has 0 saturated heterocycles. The maximum absolute atomic E-state index is 12.3. The lowest BCUT2D eigenvalue weighted by atomic mass is 10.0. The van der Waals surface area contributed by atoms with Crippen molar-refractivity contribution in [1.29, 1.82) is 0 Å². The van der Waals surface area contributed by atoms with Gasteiger partial charge in [0.25, 0.3) is 5.72 Å². The first-order valence-corrected chi connectivity index (χ1v) is 12.0. The molecule has 37 heavy (non-hydrogen) atoms. The van der Waals surface area contributed by atoms with E-state index in [0.29, 0.717) is 6.42 Å². The number of carbonyl (C=O) groups excluding carboxylic acids is 3. The molecule has 0 spiro atoms. The van der Waals surface area contributed by atoms with Gasteiger partial charge < -0.3 is 33.5 Å². The van der Waals surface area contributed by atoms with E-state index in [4.69, 9.17) is 28.4 Å². The molecule has 1 atom stereocenters. The van der Waals surface area contributed by atoms with Crippen molar-refractivity contribution in [3.05, 3.63) is 23.8 Å². The molecular weight excluding hydrogens is 490 g/mol. The zero-order chi connectivity index (χ0) is 28.2. The highest BCUT2D eigenvalue weighted by molar-refractivity contribution is 5.80. The summed E-state index contributed by atoms with van der Waals surface area (Å²) in [7, 11) is 0. The lowest BCUT2D eigenvalue weighted by Crippen LogP contribution is -2.59. The average Bonchev–Trinajstić information content (AvgIpc) is 2.73. The molecule has 1 rings (SSSR count). The quantitative estimate of drug-likeness (QED) is 0.119. The summed E-state index contributed by atoms with van der Waals surface area (Å²) < 4.78 is 30.6. The van der Waals surface area contributed by atoms with Crippen LogP contribution in [0.2, 0.25) is 0 Å². The second-order valence-corrected chi connectivity index (χ2v) is 8.98. The number of hydrogen-bond acceptors (Lipinski definition) is 11. The van der Waals surface area contributed by atoms with E-state index in [-0.39, 0.29) is 23.7 Å². The molecule has 0 heterocycles. The Kier molecular flexibility index (Phi) is 12.7. The SMILES string of the molecule is CCCCOC(=O)O[C@](Cc1ccc(OC(=O)OC(C)C)c(OC(=O)OC(C)C)c1)(NC(C)C)C(=O)O. The van der Waals surface area contributed by atoms with Crippen molar-refractivity contribution in [2.75, 3.05) is 6.61 Å². The van der Waals surface area contributed by atoms with Crippen molar-refractivity contribution in [2.24, 2.45) is 0 Å². The number of unbranched alkanes of at least 4 members (excludes halogenated alkanes) is 1. The topological polar surface area (TPSA) is 156 Å². The average molecular weight is 528 g/mol. The van der Waals surface area contributed by atoms with Gasteiger partial charge in [0.2, 0.25) is 0 Å². The van der Waals surface area contributed by atoms with Crippen LogP contribution in [0.1, 0.15) is 66.9 Å². The number of ether oxygens (including phenoxy) is 6. The monoisotopic (exact) mass is 527 g/mol. The van der Waals surface area contributed by atoms with Crippen LogP contribution < -0.4 is 14.8 Å². The number of hydrogen-bond donors (Lipinski definition) is 2. The van der Waals surface area contributed by atoms with Gasteiger partial charge in [0.15, 0.2) is 11.5 Å². The number of nitrogens with one attached hydrogen (secondary N) is 1. The van der Waals surface area contributed by atoms with Crippen LogP contribution in [0, 0.1) is 0 Å². The van der Waals surface area contributed by atoms with Gasteiger partial charge in [-0.05, 0) is 65.7 Å². The van der Waals surface area contributed by atoms with Crippen LogP contribution in [0.15, 0.2) is 18.2 Å². The largest absolute Gasteiger partial charge is 0.514 e. The highest BCUT2D eigenvalue weighted by Gasteiger charge is 2.44. The van der Waals surface area contributed by atoms with Gasteiger partial charge in [-0.1, -0.05) is 19.4 Å². The highest BCUT2D eigenvalue weighted by atomic mass is 16.8. The molecule has 1 aromatic carbocycles. The Bertz CT molecular complexity index is 929. The van der Waals surface area contributed by atoms with Crippen LogP contribution in [-0.4, -0.2) is 60.1 Å². The van der Waals surface area contributed by atoms with E-state index in [1.54, 1.807) is 41.5 Å². The van der Waals surface area contributed by atoms with Crippen LogP contribution in [0.3, 0.4) is 0 Å². The van der Waals surface area contributed by atoms with Crippen molar-refractivity contribution in [2.45, 2.75) is 91.7 Å². The van der Waals surface area contributed by atoms with Gasteiger partial charge in [-0.3, -0.25) is 5.32 Å². The van der Waals surface area contributed by atoms with Crippen LogP contribution in [-0.2, 0) is 30.2 Å². The van der Waals surface area contributed by atoms with E-state index >= 15 is 0 Å². The second kappa shape index (κ2) is 14.9. The van der Waals surface area contributed by atoms with Crippen molar-refractivity contribution in [3.8, 4) is 11.5 Å². The third-order valence-electron chi connectivity index (χ3n) is 4.35. The van der Waals surface area contributed by atoms with Crippen molar-refractivity contribution >= 4 is 24.4 Å². The van der Waals surface area contributed by atoms with E-state index in [9.17, 15) is 24.3 Å². The molecule has 0 fully saturated rings. The molecule has 208 valence electrons. The molecule has 0 aromatic heterocycles. The first-order valence-electron chi connectivity index (χ1n) is 12.0. The molecule has 0 unspecified atom stereocenters. The molecule has 1 aromatic rings. The Hall–Kier alpha value is -3.54. The second-order valence-electron chi connectivity index (χ2n) is 8.98. The highest BCUT2D eigenvalue weighted by Crippen LogP contribution is 2.31. The predicted molar refractivity (Wildman–Crippen MR) is 131 cm³/mol. The van der Waals surface area contributed by atoms with Gasteiger partial charge in [-0.2, -0.15) is 0 Å². The summed E-state index contributed by atoms with van der Waals surface area (Å²) in [5.41, 5.74) is -1.96. The number of carbonyl (C=O) groups is 4. The fraction of sp³-hybridized carbons (Fsp3) is 0.600. The van der Waals surface area contributed by atoms with Gasteiger partial charge in [-0.15, -0.1) is 0 Å². The fourth-order valence-corrected chi connectivity index (χ4v) is 2.96. The standard InChI is InChI=1S/C25H37NO11/c1-8-9-12-32-22(29)37-25(21(27)28,26-15(2)3)14-18-10-11-19(35-23(30)33-16(4)5)20(13-18)36-24(31)34-17(6)7/h10-11,13,15-17,26H,8-9,12,14H2,1-7H3,(H,27,28)/t25-/m0/s1. The number of carboxylic acids is 1. The number of rotatable bonds is 13. The van der Waals surface area contributed by atoms with Crippen LogP contribution in [0.4, 0.5) is 14.4 Å². The minimum Gasteiger partial charge on any atom is -0.477 e. The van der Waals surface area contributed by atoms with Gasteiger partial charge in [0, 0.05) is 12.5 Å². The molecule has 0 amide bonds. The maximum Gasteiger partial charge on any atom is 0.514 e. The Morgan fingerprint density at radius 3 is 1.95 bits per heavy atom. The molecular formula is C25H37NO11. The Morgan fingerprint density at radius 1 is 0.892 bits per heavy atom. The smallest absolute Gasteiger partial charge is 0.477 e. The molecule has 0 aliphatic carbocycles. The van der Waals surface area contributed by atoms with E-state index in [2.05, 4.69) is 5.32 Å². The maximum atomic E-state index is 12.3. The minimum absolute atomic E-state index is 0.0706. The van der Waals surface area contributed by atoms with E-state index in [1.807, 2.05) is 6.92 Å². The normalized spacial score (nSPS) is 12.6. The molecule has 0 bridgehead atoms. The zero-order valence-electron chi connectivity index (χ0n) is 22.3. The first-order chi connectivity index (χ1) is 17.3. The van der Waals surface area contributed by atoms with Gasteiger partial charge in [0.05, 0.1) is 18.8 Å². The third-order valence-corrected chi connectivity index (χ3v) is 4.35. The predicted octanol–water partition coefficient (Wildman–Crippen LogP) is 4.81. The van der Waals surface area contributed by atoms with Crippen molar-refractivity contribution < 1.29 is 52.7 Å². The molecule has 0 saturated carbocycles. The minimum atomic E-state index is -2.22. The Morgan fingerprint density at radius 2 is 1.46 bits per heavy atom. The first kappa shape index (κ1) is 31.5. The van der Waals surface area contributed by atoms with Crippen molar-refractivity contribution in [1.82, 2.24) is 5.32 Å². The van der Waals surface area contributed by atoms with E-state index in [0.717, 1.165) is 6.42 Å². The van der Waals surface area contributed by atoms with Crippen LogP contribution in [0.5, 0.6) is 11.5 Å². The van der Waals surface area contributed by atoms with E-state index < -0.39 is 54.8 Å². The third kappa shape index (κ3) is 11.4. The van der Waals surface area contributed by atoms with Gasteiger partial charge in [0.1, 0.15) is 0 Å². The molecule has 12 nitrogen and oxygen atoms in total. The number of benzene rings is 1. The summed E-state index contributed by atoms with van der Waals surface area (Å²) in [6, 6.07) is 3.57. The lowest BCUT2D eigenvalue weighted by molar-refractivity contribution is -0.166. The molecule has 12 heteroatoms. The lowest BCUT2D eigenvalue weighted by Gasteiger charge is -2.31. The van der Waals surface area contributed by atoms with E-state index in [1.165, 1.54) is 18.2 Å². The summed E-state index contributed by atoms with van der Waals surface area (Å²) in [4.78, 5) is 48.8. The molecule has 0 radical (unpaired) electrons. The summed E-state index contributed by atoms with van der Waals surface area (Å²) in [6.07, 6.45) is -3.27. The van der Waals surface area contributed by atoms with Crippen molar-refractivity contribution in [3.63, 3.8) is 0 Å². The summed E-state index contributed by atoms with van der Waals surface area (Å²) in [5, 5.41) is 12.8. The van der Waals surface area contributed by atoms with Gasteiger partial charge in [-0.25, -0.2) is 19.2 Å². The Labute approximate surface area is 216 Å². The van der Waals surface area contributed by atoms with Crippen LogP contribution in [0.25, 0.3) is 0 Å². The molecule has 2 N–H and O–H groups in total. The van der Waals surface area contributed by atoms with Crippen LogP contribution >= 0.6 is 0 Å². The van der Waals surface area contributed by atoms with Gasteiger partial charge >= 0.3 is 24.4 Å². The summed E-state index contributed by atoms with van der Waals surface area (Å²) >= 11 is 0. The molecule has 0 aliphatic heterocycles. The number of carboxylic acid groups (broad SMARTS) is 1. The fourth-order valence-electron chi connectivity index (χ4n) is 2.96. The Balaban J connectivity index is 3.36. The summed E-state index contributed by atoms with van der Waals surface area (Å²) in [6.45, 7) is 11.8.